The second-order valence-corrected chi connectivity index (χ2v) is 10.4. The van der Waals surface area contributed by atoms with Crippen molar-refractivity contribution < 1.29 is 27.2 Å². The fraction of sp³-hybridized carbons (Fsp3) is 0.619. The van der Waals surface area contributed by atoms with Crippen LogP contribution < -0.4 is 0 Å². The zero-order chi connectivity index (χ0) is 20.4. The molecule has 1 aromatic heterocycles. The summed E-state index contributed by atoms with van der Waals surface area (Å²) >= 11 is 0. The van der Waals surface area contributed by atoms with Crippen LogP contribution in [0.4, 0.5) is 0 Å². The average Bonchev–Trinajstić information content (AvgIpc) is 3.36. The maximum absolute atomic E-state index is 13.5. The molecule has 1 saturated carbocycles. The van der Waals surface area contributed by atoms with Crippen LogP contribution in [-0.4, -0.2) is 49.5 Å². The van der Waals surface area contributed by atoms with Crippen molar-refractivity contribution in [2.75, 3.05) is 13.2 Å². The lowest BCUT2D eigenvalue weighted by molar-refractivity contribution is -0.137. The predicted molar refractivity (Wildman–Crippen MR) is 105 cm³/mol. The first-order valence-electron chi connectivity index (χ1n) is 10.4. The molecule has 2 atom stereocenters. The summed E-state index contributed by atoms with van der Waals surface area (Å²) in [5, 5.41) is -1.16. The van der Waals surface area contributed by atoms with Crippen LogP contribution in [0, 0.1) is 5.92 Å². The molecule has 4 rings (SSSR count). The molecule has 158 valence electrons. The molecule has 7 nitrogen and oxygen atoms in total. The molecule has 2 fully saturated rings. The van der Waals surface area contributed by atoms with Crippen LogP contribution in [0.5, 0.6) is 0 Å². The normalized spacial score (nSPS) is 24.0. The first kappa shape index (κ1) is 20.2. The Balaban J connectivity index is 1.61. The Morgan fingerprint density at radius 3 is 2.76 bits per heavy atom. The van der Waals surface area contributed by atoms with E-state index in [1.807, 2.05) is 6.08 Å². The van der Waals surface area contributed by atoms with Crippen LogP contribution in [0.25, 0.3) is 0 Å². The number of furan rings is 1. The minimum atomic E-state index is -3.80. The zero-order valence-corrected chi connectivity index (χ0v) is 17.2. The molecular weight excluding hydrogens is 394 g/mol. The quantitative estimate of drug-likeness (QED) is 0.701. The Morgan fingerprint density at radius 2 is 2.03 bits per heavy atom. The van der Waals surface area contributed by atoms with Crippen molar-refractivity contribution in [3.8, 4) is 0 Å². The molecule has 3 heterocycles. The average molecular weight is 422 g/mol. The first-order valence-corrected chi connectivity index (χ1v) is 12.1. The third-order valence-corrected chi connectivity index (χ3v) is 8.12. The largest absolute Gasteiger partial charge is 0.488 e. The summed E-state index contributed by atoms with van der Waals surface area (Å²) in [6, 6.07) is 2.47. The molecule has 1 aliphatic carbocycles. The Hall–Kier alpha value is -2.09. The predicted octanol–water partition coefficient (Wildman–Crippen LogP) is 2.62. The van der Waals surface area contributed by atoms with E-state index in [0.29, 0.717) is 30.9 Å². The Morgan fingerprint density at radius 1 is 1.24 bits per heavy atom. The number of sulfone groups is 1. The summed E-state index contributed by atoms with van der Waals surface area (Å²) in [6.07, 6.45) is 9.28. The topological polar surface area (TPSA) is 93.9 Å². The molecule has 2 aliphatic heterocycles. The van der Waals surface area contributed by atoms with Gasteiger partial charge in [-0.15, -0.1) is 0 Å². The van der Waals surface area contributed by atoms with Crippen LogP contribution in [0.1, 0.15) is 50.7 Å². The summed E-state index contributed by atoms with van der Waals surface area (Å²) in [6.45, 7) is 0.270. The lowest BCUT2D eigenvalue weighted by Gasteiger charge is -2.34. The van der Waals surface area contributed by atoms with Crippen molar-refractivity contribution in [3.05, 3.63) is 36.0 Å². The molecule has 0 spiro atoms. The summed E-state index contributed by atoms with van der Waals surface area (Å²) in [7, 11) is -3.80. The summed E-state index contributed by atoms with van der Waals surface area (Å²) < 4.78 is 37.2. The third kappa shape index (κ3) is 4.27. The molecule has 0 aromatic carbocycles. The number of carbonyl (C=O) groups excluding carboxylic acids is 2. The van der Waals surface area contributed by atoms with E-state index in [1.54, 1.807) is 12.1 Å². The summed E-state index contributed by atoms with van der Waals surface area (Å²) in [5.41, 5.74) is 0. The lowest BCUT2D eigenvalue weighted by Crippen LogP contribution is -2.52. The van der Waals surface area contributed by atoms with E-state index in [9.17, 15) is 18.0 Å². The minimum Gasteiger partial charge on any atom is -0.488 e. The van der Waals surface area contributed by atoms with Gasteiger partial charge in [0.1, 0.15) is 29.1 Å². The fourth-order valence-corrected chi connectivity index (χ4v) is 6.46. The number of nitrogens with zero attached hydrogens (tertiary/aromatic N) is 1. The van der Waals surface area contributed by atoms with Crippen LogP contribution in [0.2, 0.25) is 0 Å². The number of carbonyl (C=O) groups is 2. The zero-order valence-electron chi connectivity index (χ0n) is 16.4. The van der Waals surface area contributed by atoms with Crippen molar-refractivity contribution in [3.63, 3.8) is 0 Å². The molecule has 8 heteroatoms. The molecule has 1 amide bonds. The van der Waals surface area contributed by atoms with Crippen molar-refractivity contribution in [2.24, 2.45) is 5.92 Å². The van der Waals surface area contributed by atoms with Crippen molar-refractivity contribution in [2.45, 2.75) is 62.0 Å². The number of rotatable bonds is 6. The smallest absolute Gasteiger partial charge is 0.241 e. The molecule has 29 heavy (non-hydrogen) atoms. The monoisotopic (exact) mass is 421 g/mol. The Labute approximate surface area is 171 Å². The van der Waals surface area contributed by atoms with E-state index in [4.69, 9.17) is 9.15 Å². The molecule has 3 aliphatic rings. The number of amides is 1. The van der Waals surface area contributed by atoms with Crippen LogP contribution >= 0.6 is 0 Å². The van der Waals surface area contributed by atoms with Gasteiger partial charge in [-0.3, -0.25) is 9.59 Å². The highest BCUT2D eigenvalue weighted by molar-refractivity contribution is 7.92. The maximum atomic E-state index is 13.5. The Bertz CT molecular complexity index is 882. The van der Waals surface area contributed by atoms with Gasteiger partial charge < -0.3 is 14.1 Å². The third-order valence-electron chi connectivity index (χ3n) is 6.17. The van der Waals surface area contributed by atoms with E-state index in [0.717, 1.165) is 32.1 Å². The lowest BCUT2D eigenvalue weighted by atomic mass is 9.85. The fourth-order valence-electron chi connectivity index (χ4n) is 4.69. The van der Waals surface area contributed by atoms with E-state index < -0.39 is 27.0 Å². The van der Waals surface area contributed by atoms with E-state index in [2.05, 4.69) is 0 Å². The molecule has 1 saturated heterocycles. The van der Waals surface area contributed by atoms with Crippen molar-refractivity contribution in [1.29, 1.82) is 0 Å². The van der Waals surface area contributed by atoms with Gasteiger partial charge in [0, 0.05) is 6.54 Å². The van der Waals surface area contributed by atoms with E-state index in [1.165, 1.54) is 11.2 Å². The van der Waals surface area contributed by atoms with Gasteiger partial charge in [0.15, 0.2) is 21.7 Å². The molecule has 1 aromatic rings. The first-order chi connectivity index (χ1) is 14.0. The molecule has 0 radical (unpaired) electrons. The highest BCUT2D eigenvalue weighted by atomic mass is 32.2. The highest BCUT2D eigenvalue weighted by Gasteiger charge is 2.46. The van der Waals surface area contributed by atoms with Crippen molar-refractivity contribution >= 4 is 21.5 Å². The Kier molecular flexibility index (Phi) is 5.81. The second kappa shape index (κ2) is 8.34. The molecule has 0 bridgehead atoms. The number of hydrogen-bond acceptors (Lipinski definition) is 6. The minimum absolute atomic E-state index is 0.0628. The van der Waals surface area contributed by atoms with Gasteiger partial charge in [-0.2, -0.15) is 0 Å². The number of fused-ring (bicyclic) bond motifs is 1. The summed E-state index contributed by atoms with van der Waals surface area (Å²) in [4.78, 5) is 27.3. The van der Waals surface area contributed by atoms with Gasteiger partial charge in [-0.05, 0) is 37.0 Å². The summed E-state index contributed by atoms with van der Waals surface area (Å²) in [5.74, 6) is 0.0370. The van der Waals surface area contributed by atoms with Gasteiger partial charge in [0.25, 0.3) is 0 Å². The molecule has 0 N–H and O–H groups in total. The van der Waals surface area contributed by atoms with Gasteiger partial charge in [0.05, 0.1) is 6.26 Å². The van der Waals surface area contributed by atoms with Crippen molar-refractivity contribution in [1.82, 2.24) is 4.90 Å². The van der Waals surface area contributed by atoms with Crippen LogP contribution in [-0.2, 0) is 29.9 Å². The molecular formula is C21H27NO6S. The number of hydrogen-bond donors (Lipinski definition) is 0. The van der Waals surface area contributed by atoms with E-state index in [-0.39, 0.29) is 24.1 Å². The van der Waals surface area contributed by atoms with Crippen LogP contribution in [0.3, 0.4) is 0 Å². The van der Waals surface area contributed by atoms with Gasteiger partial charge in [-0.1, -0.05) is 32.1 Å². The highest BCUT2D eigenvalue weighted by Crippen LogP contribution is 2.33. The van der Waals surface area contributed by atoms with Gasteiger partial charge in [-0.25, -0.2) is 8.42 Å². The van der Waals surface area contributed by atoms with Gasteiger partial charge >= 0.3 is 0 Å². The SMILES string of the molecule is O=C1COC2=CCCN(C(=O)C(CC3CCCCC3)S(=O)(=O)Cc3ccco3)C12. The maximum Gasteiger partial charge on any atom is 0.241 e. The second-order valence-electron chi connectivity index (χ2n) is 8.20. The number of ketones is 1. The number of Topliss-reactive ketones (excluding diaryl/α,β-unsaturated/α-hetero) is 1. The van der Waals surface area contributed by atoms with Gasteiger partial charge in [0.2, 0.25) is 5.91 Å². The standard InChI is InChI=1S/C21H27NO6S/c23-17-13-28-18-9-4-10-22(20(17)18)21(24)19(12-15-6-2-1-3-7-15)29(25,26)14-16-8-5-11-27-16/h5,8-9,11,15,19-20H,1-4,6-7,10,12-14H2. The number of ether oxygens (including phenoxy) is 1. The van der Waals surface area contributed by atoms with E-state index >= 15 is 0 Å². The van der Waals surface area contributed by atoms with Crippen LogP contribution in [0.15, 0.2) is 34.6 Å². The molecule has 2 unspecified atom stereocenters.